The van der Waals surface area contributed by atoms with Gasteiger partial charge < -0.3 is 14.6 Å². The molecular weight excluding hydrogens is 304 g/mol. The molecule has 0 bridgehead atoms. The van der Waals surface area contributed by atoms with Gasteiger partial charge in [0.05, 0.1) is 24.5 Å². The standard InChI is InChI=1S/C18H20N4O2/c1-4-24-16-8-6-5-7-14(16)12(2)21-18(23)13-9-15-17(19-10-13)22(3)11-20-15/h5-12H,4H2,1-3H3,(H,21,23). The third-order valence-electron chi connectivity index (χ3n) is 3.85. The first-order valence-corrected chi connectivity index (χ1v) is 7.89. The first-order valence-electron chi connectivity index (χ1n) is 7.89. The summed E-state index contributed by atoms with van der Waals surface area (Å²) in [5.41, 5.74) is 2.88. The number of hydrogen-bond acceptors (Lipinski definition) is 4. The maximum Gasteiger partial charge on any atom is 0.253 e. The van der Waals surface area contributed by atoms with Crippen molar-refractivity contribution >= 4 is 17.1 Å². The van der Waals surface area contributed by atoms with Crippen molar-refractivity contribution in [1.82, 2.24) is 19.9 Å². The molecule has 0 saturated heterocycles. The van der Waals surface area contributed by atoms with Crippen molar-refractivity contribution in [2.24, 2.45) is 7.05 Å². The molecule has 1 unspecified atom stereocenters. The summed E-state index contributed by atoms with van der Waals surface area (Å²) >= 11 is 0. The van der Waals surface area contributed by atoms with Crippen molar-refractivity contribution in [3.63, 3.8) is 0 Å². The number of carbonyl (C=O) groups excluding carboxylic acids is 1. The van der Waals surface area contributed by atoms with Crippen LogP contribution in [0.5, 0.6) is 5.75 Å². The summed E-state index contributed by atoms with van der Waals surface area (Å²) < 4.78 is 7.45. The summed E-state index contributed by atoms with van der Waals surface area (Å²) in [5, 5.41) is 2.99. The summed E-state index contributed by atoms with van der Waals surface area (Å²) in [6.07, 6.45) is 3.25. The maximum absolute atomic E-state index is 12.5. The monoisotopic (exact) mass is 324 g/mol. The first kappa shape index (κ1) is 16.0. The van der Waals surface area contributed by atoms with Crippen molar-refractivity contribution in [3.8, 4) is 5.75 Å². The topological polar surface area (TPSA) is 69.0 Å². The number of fused-ring (bicyclic) bond motifs is 1. The van der Waals surface area contributed by atoms with Gasteiger partial charge in [0, 0.05) is 18.8 Å². The van der Waals surface area contributed by atoms with Crippen LogP contribution in [0.15, 0.2) is 42.9 Å². The number of nitrogens with one attached hydrogen (secondary N) is 1. The fourth-order valence-electron chi connectivity index (χ4n) is 2.62. The van der Waals surface area contributed by atoms with E-state index in [1.807, 2.05) is 49.7 Å². The van der Waals surface area contributed by atoms with Gasteiger partial charge in [0.15, 0.2) is 5.65 Å². The quantitative estimate of drug-likeness (QED) is 0.783. The van der Waals surface area contributed by atoms with Crippen molar-refractivity contribution in [2.45, 2.75) is 19.9 Å². The molecule has 0 spiro atoms. The second-order valence-electron chi connectivity index (χ2n) is 5.59. The van der Waals surface area contributed by atoms with Gasteiger partial charge in [-0.1, -0.05) is 18.2 Å². The van der Waals surface area contributed by atoms with Crippen molar-refractivity contribution < 1.29 is 9.53 Å². The van der Waals surface area contributed by atoms with Crippen LogP contribution in [0.25, 0.3) is 11.2 Å². The number of imidazole rings is 1. The Hall–Kier alpha value is -2.89. The summed E-state index contributed by atoms with van der Waals surface area (Å²) in [7, 11) is 1.87. The minimum absolute atomic E-state index is 0.181. The Bertz CT molecular complexity index is 872. The van der Waals surface area contributed by atoms with E-state index in [2.05, 4.69) is 15.3 Å². The van der Waals surface area contributed by atoms with Crippen LogP contribution in [0.3, 0.4) is 0 Å². The molecule has 0 aliphatic heterocycles. The fraction of sp³-hybridized carbons (Fsp3) is 0.278. The molecule has 2 aromatic heterocycles. The molecule has 6 heteroatoms. The van der Waals surface area contributed by atoms with Crippen molar-refractivity contribution in [3.05, 3.63) is 54.0 Å². The predicted octanol–water partition coefficient (Wildman–Crippen LogP) is 2.86. The molecule has 1 aromatic carbocycles. The molecule has 0 radical (unpaired) electrons. The van der Waals surface area contributed by atoms with Gasteiger partial charge in [-0.25, -0.2) is 9.97 Å². The second kappa shape index (κ2) is 6.70. The molecule has 2 heterocycles. The summed E-state index contributed by atoms with van der Waals surface area (Å²) in [6, 6.07) is 9.28. The molecule has 0 saturated carbocycles. The number of para-hydroxylation sites is 1. The zero-order valence-electron chi connectivity index (χ0n) is 14.0. The molecule has 6 nitrogen and oxygen atoms in total. The van der Waals surface area contributed by atoms with E-state index in [-0.39, 0.29) is 11.9 Å². The van der Waals surface area contributed by atoms with Gasteiger partial charge in [-0.2, -0.15) is 0 Å². The number of aromatic nitrogens is 3. The molecule has 1 amide bonds. The van der Waals surface area contributed by atoms with E-state index in [0.717, 1.165) is 17.0 Å². The number of nitrogens with zero attached hydrogens (tertiary/aromatic N) is 3. The van der Waals surface area contributed by atoms with E-state index < -0.39 is 0 Å². The van der Waals surface area contributed by atoms with E-state index in [1.165, 1.54) is 0 Å². The lowest BCUT2D eigenvalue weighted by molar-refractivity contribution is 0.0939. The molecule has 0 fully saturated rings. The Morgan fingerprint density at radius 2 is 2.12 bits per heavy atom. The Balaban J connectivity index is 1.80. The average molecular weight is 324 g/mol. The summed E-state index contributed by atoms with van der Waals surface area (Å²) in [4.78, 5) is 21.1. The molecular formula is C18H20N4O2. The summed E-state index contributed by atoms with van der Waals surface area (Å²) in [6.45, 7) is 4.45. The molecule has 0 aliphatic carbocycles. The van der Waals surface area contributed by atoms with Gasteiger partial charge >= 0.3 is 0 Å². The zero-order valence-corrected chi connectivity index (χ0v) is 14.0. The van der Waals surface area contributed by atoms with Crippen LogP contribution in [0.1, 0.15) is 35.8 Å². The second-order valence-corrected chi connectivity index (χ2v) is 5.59. The van der Waals surface area contributed by atoms with Gasteiger partial charge in [-0.15, -0.1) is 0 Å². The third kappa shape index (κ3) is 3.08. The van der Waals surface area contributed by atoms with Gasteiger partial charge in [-0.05, 0) is 26.0 Å². The number of carbonyl (C=O) groups is 1. The highest BCUT2D eigenvalue weighted by Gasteiger charge is 2.16. The number of hydrogen-bond donors (Lipinski definition) is 1. The zero-order chi connectivity index (χ0) is 17.1. The molecule has 124 valence electrons. The Morgan fingerprint density at radius 1 is 1.33 bits per heavy atom. The lowest BCUT2D eigenvalue weighted by atomic mass is 10.1. The van der Waals surface area contributed by atoms with Crippen LogP contribution < -0.4 is 10.1 Å². The van der Waals surface area contributed by atoms with Crippen molar-refractivity contribution in [1.29, 1.82) is 0 Å². The lowest BCUT2D eigenvalue weighted by Crippen LogP contribution is -2.27. The fourth-order valence-corrected chi connectivity index (χ4v) is 2.62. The number of pyridine rings is 1. The number of amides is 1. The Labute approximate surface area is 140 Å². The van der Waals surface area contributed by atoms with Crippen LogP contribution in [0, 0.1) is 0 Å². The minimum atomic E-state index is -0.186. The van der Waals surface area contributed by atoms with E-state index in [0.29, 0.717) is 17.7 Å². The van der Waals surface area contributed by atoms with Gasteiger partial charge in [0.2, 0.25) is 0 Å². The molecule has 1 atom stereocenters. The minimum Gasteiger partial charge on any atom is -0.494 e. The van der Waals surface area contributed by atoms with Crippen LogP contribution in [-0.2, 0) is 7.05 Å². The number of benzene rings is 1. The number of aryl methyl sites for hydroxylation is 1. The smallest absolute Gasteiger partial charge is 0.253 e. The first-order chi connectivity index (χ1) is 11.6. The van der Waals surface area contributed by atoms with E-state index in [4.69, 9.17) is 4.74 Å². The van der Waals surface area contributed by atoms with E-state index in [9.17, 15) is 4.79 Å². The van der Waals surface area contributed by atoms with E-state index in [1.54, 1.807) is 18.6 Å². The molecule has 3 aromatic rings. The van der Waals surface area contributed by atoms with Crippen LogP contribution in [0.2, 0.25) is 0 Å². The Morgan fingerprint density at radius 3 is 2.92 bits per heavy atom. The number of ether oxygens (including phenoxy) is 1. The highest BCUT2D eigenvalue weighted by atomic mass is 16.5. The highest BCUT2D eigenvalue weighted by Crippen LogP contribution is 2.25. The third-order valence-corrected chi connectivity index (χ3v) is 3.85. The largest absolute Gasteiger partial charge is 0.494 e. The molecule has 3 rings (SSSR count). The average Bonchev–Trinajstić information content (AvgIpc) is 2.96. The summed E-state index contributed by atoms with van der Waals surface area (Å²) in [5.74, 6) is 0.597. The van der Waals surface area contributed by atoms with Crippen molar-refractivity contribution in [2.75, 3.05) is 6.61 Å². The van der Waals surface area contributed by atoms with Crippen LogP contribution in [0.4, 0.5) is 0 Å². The van der Waals surface area contributed by atoms with E-state index >= 15 is 0 Å². The van der Waals surface area contributed by atoms with Gasteiger partial charge in [0.1, 0.15) is 11.3 Å². The molecule has 0 aliphatic rings. The Kier molecular flexibility index (Phi) is 4.46. The highest BCUT2D eigenvalue weighted by molar-refractivity contribution is 5.96. The number of rotatable bonds is 5. The van der Waals surface area contributed by atoms with Gasteiger partial charge in [-0.3, -0.25) is 4.79 Å². The SMILES string of the molecule is CCOc1ccccc1C(C)NC(=O)c1cnc2c(c1)ncn2C. The van der Waals surface area contributed by atoms with Gasteiger partial charge in [0.25, 0.3) is 5.91 Å². The maximum atomic E-state index is 12.5. The molecule has 1 N–H and O–H groups in total. The van der Waals surface area contributed by atoms with Crippen LogP contribution >= 0.6 is 0 Å². The molecule has 24 heavy (non-hydrogen) atoms. The lowest BCUT2D eigenvalue weighted by Gasteiger charge is -2.18. The predicted molar refractivity (Wildman–Crippen MR) is 92.0 cm³/mol. The normalized spacial score (nSPS) is 12.1. The van der Waals surface area contributed by atoms with Crippen LogP contribution in [-0.4, -0.2) is 27.0 Å².